The van der Waals surface area contributed by atoms with E-state index in [-0.39, 0.29) is 11.9 Å². The Kier molecular flexibility index (Phi) is 4.29. The van der Waals surface area contributed by atoms with Crippen LogP contribution in [0, 0.1) is 0 Å². The van der Waals surface area contributed by atoms with Crippen LogP contribution in [-0.4, -0.2) is 43.7 Å². The van der Waals surface area contributed by atoms with Crippen molar-refractivity contribution >= 4 is 22.9 Å². The van der Waals surface area contributed by atoms with E-state index in [1.54, 1.807) is 11.3 Å². The van der Waals surface area contributed by atoms with E-state index in [1.165, 1.54) is 16.1 Å². The monoisotopic (exact) mass is 342 g/mol. The van der Waals surface area contributed by atoms with Crippen molar-refractivity contribution in [3.63, 3.8) is 0 Å². The fourth-order valence-electron chi connectivity index (χ4n) is 3.59. The quantitative estimate of drug-likeness (QED) is 0.839. The van der Waals surface area contributed by atoms with Crippen molar-refractivity contribution in [3.05, 3.63) is 51.7 Å². The minimum atomic E-state index is 0.132. The molecule has 1 aromatic heterocycles. The largest absolute Gasteiger partial charge is 0.378 e. The molecule has 2 aromatic rings. The summed E-state index contributed by atoms with van der Waals surface area (Å²) in [6.07, 6.45) is 0.967. The maximum Gasteiger partial charge on any atom is 0.254 e. The summed E-state index contributed by atoms with van der Waals surface area (Å²) < 4.78 is 5.39. The number of hydrogen-bond acceptors (Lipinski definition) is 4. The zero-order valence-corrected chi connectivity index (χ0v) is 14.7. The van der Waals surface area contributed by atoms with Gasteiger partial charge in [0.05, 0.1) is 19.3 Å². The van der Waals surface area contributed by atoms with Gasteiger partial charge in [0.2, 0.25) is 0 Å². The number of carbonyl (C=O) groups excluding carboxylic acids is 1. The lowest BCUT2D eigenvalue weighted by Crippen LogP contribution is -2.38. The predicted octanol–water partition coefficient (Wildman–Crippen LogP) is 3.34. The van der Waals surface area contributed by atoms with Gasteiger partial charge in [0.25, 0.3) is 5.91 Å². The fourth-order valence-corrected chi connectivity index (χ4v) is 4.55. The molecule has 3 heterocycles. The van der Waals surface area contributed by atoms with Gasteiger partial charge in [-0.2, -0.15) is 0 Å². The summed E-state index contributed by atoms with van der Waals surface area (Å²) in [4.78, 5) is 18.7. The number of rotatable bonds is 2. The summed E-state index contributed by atoms with van der Waals surface area (Å²) in [6.45, 7) is 6.31. The lowest BCUT2D eigenvalue weighted by molar-refractivity contribution is 0.0679. The Balaban J connectivity index is 1.50. The molecule has 4 nitrogen and oxygen atoms in total. The fraction of sp³-hybridized carbons (Fsp3) is 0.421. The van der Waals surface area contributed by atoms with E-state index in [4.69, 9.17) is 4.74 Å². The van der Waals surface area contributed by atoms with E-state index in [0.717, 1.165) is 44.8 Å². The standard InChI is InChI=1S/C19H22N2O2S/c1-14-17-7-13-24-18(17)6-8-21(14)19(22)15-2-4-16(5-3-15)20-9-11-23-12-10-20/h2-5,7,13-14H,6,8-12H2,1H3. The molecule has 2 aliphatic heterocycles. The van der Waals surface area contributed by atoms with Crippen LogP contribution in [0.4, 0.5) is 5.69 Å². The molecule has 2 aliphatic rings. The summed E-state index contributed by atoms with van der Waals surface area (Å²) in [7, 11) is 0. The second kappa shape index (κ2) is 6.57. The van der Waals surface area contributed by atoms with Crippen molar-refractivity contribution in [2.45, 2.75) is 19.4 Å². The van der Waals surface area contributed by atoms with Crippen molar-refractivity contribution < 1.29 is 9.53 Å². The number of fused-ring (bicyclic) bond motifs is 1. The lowest BCUT2D eigenvalue weighted by Gasteiger charge is -2.34. The van der Waals surface area contributed by atoms with Crippen LogP contribution in [0.25, 0.3) is 0 Å². The number of hydrogen-bond donors (Lipinski definition) is 0. The van der Waals surface area contributed by atoms with Gasteiger partial charge in [0.1, 0.15) is 0 Å². The first kappa shape index (κ1) is 15.7. The van der Waals surface area contributed by atoms with Gasteiger partial charge in [0.15, 0.2) is 0 Å². The lowest BCUT2D eigenvalue weighted by atomic mass is 10.0. The maximum absolute atomic E-state index is 12.9. The number of nitrogens with zero attached hydrogens (tertiary/aromatic N) is 2. The van der Waals surface area contributed by atoms with Crippen LogP contribution >= 0.6 is 11.3 Å². The third-order valence-electron chi connectivity index (χ3n) is 5.03. The van der Waals surface area contributed by atoms with E-state index in [9.17, 15) is 4.79 Å². The molecule has 4 rings (SSSR count). The number of benzene rings is 1. The van der Waals surface area contributed by atoms with E-state index in [0.29, 0.717) is 0 Å². The summed E-state index contributed by atoms with van der Waals surface area (Å²) in [5, 5.41) is 2.13. The molecule has 1 aromatic carbocycles. The van der Waals surface area contributed by atoms with Gasteiger partial charge >= 0.3 is 0 Å². The smallest absolute Gasteiger partial charge is 0.254 e. The molecular weight excluding hydrogens is 320 g/mol. The molecular formula is C19H22N2O2S. The number of morpholine rings is 1. The van der Waals surface area contributed by atoms with Crippen LogP contribution in [0.2, 0.25) is 0 Å². The van der Waals surface area contributed by atoms with E-state index >= 15 is 0 Å². The summed E-state index contributed by atoms with van der Waals surface area (Å²) in [5.41, 5.74) is 3.25. The molecule has 0 saturated carbocycles. The third kappa shape index (κ3) is 2.82. The highest BCUT2D eigenvalue weighted by Gasteiger charge is 2.29. The molecule has 1 amide bonds. The minimum absolute atomic E-state index is 0.132. The zero-order chi connectivity index (χ0) is 16.5. The van der Waals surface area contributed by atoms with Gasteiger partial charge in [-0.05, 0) is 54.6 Å². The van der Waals surface area contributed by atoms with Crippen LogP contribution in [0.5, 0.6) is 0 Å². The Bertz CT molecular complexity index is 719. The first-order chi connectivity index (χ1) is 11.7. The molecule has 0 radical (unpaired) electrons. The highest BCUT2D eigenvalue weighted by molar-refractivity contribution is 7.10. The van der Waals surface area contributed by atoms with Crippen molar-refractivity contribution in [2.75, 3.05) is 37.7 Å². The number of ether oxygens (including phenoxy) is 1. The van der Waals surface area contributed by atoms with Gasteiger partial charge in [0, 0.05) is 35.8 Å². The maximum atomic E-state index is 12.9. The molecule has 0 spiro atoms. The highest BCUT2D eigenvalue weighted by Crippen LogP contribution is 2.33. The first-order valence-electron chi connectivity index (χ1n) is 8.54. The Morgan fingerprint density at radius 2 is 1.88 bits per heavy atom. The normalized spacial score (nSPS) is 20.8. The Morgan fingerprint density at radius 1 is 1.12 bits per heavy atom. The highest BCUT2D eigenvalue weighted by atomic mass is 32.1. The predicted molar refractivity (Wildman–Crippen MR) is 96.9 cm³/mol. The molecule has 0 N–H and O–H groups in total. The van der Waals surface area contributed by atoms with Gasteiger partial charge in [-0.1, -0.05) is 0 Å². The van der Waals surface area contributed by atoms with Crippen molar-refractivity contribution in [3.8, 4) is 0 Å². The Morgan fingerprint density at radius 3 is 2.62 bits per heavy atom. The molecule has 1 atom stereocenters. The molecule has 5 heteroatoms. The van der Waals surface area contributed by atoms with Crippen LogP contribution in [0.15, 0.2) is 35.7 Å². The topological polar surface area (TPSA) is 32.8 Å². The molecule has 126 valence electrons. The van der Waals surface area contributed by atoms with Crippen LogP contribution in [0.1, 0.15) is 33.8 Å². The zero-order valence-electron chi connectivity index (χ0n) is 13.9. The molecule has 0 bridgehead atoms. The van der Waals surface area contributed by atoms with E-state index in [2.05, 4.69) is 35.4 Å². The second-order valence-corrected chi connectivity index (χ2v) is 7.37. The van der Waals surface area contributed by atoms with Crippen molar-refractivity contribution in [2.24, 2.45) is 0 Å². The first-order valence-corrected chi connectivity index (χ1v) is 9.42. The average molecular weight is 342 g/mol. The van der Waals surface area contributed by atoms with E-state index in [1.807, 2.05) is 17.0 Å². The van der Waals surface area contributed by atoms with Gasteiger partial charge in [-0.25, -0.2) is 0 Å². The summed E-state index contributed by atoms with van der Waals surface area (Å²) in [6, 6.07) is 10.4. The number of carbonyl (C=O) groups is 1. The number of amides is 1. The second-order valence-electron chi connectivity index (χ2n) is 6.37. The summed E-state index contributed by atoms with van der Waals surface area (Å²) in [5.74, 6) is 0.132. The Labute approximate surface area is 146 Å². The molecule has 0 aliphatic carbocycles. The van der Waals surface area contributed by atoms with Crippen LogP contribution < -0.4 is 4.90 Å². The van der Waals surface area contributed by atoms with Crippen molar-refractivity contribution in [1.82, 2.24) is 4.90 Å². The van der Waals surface area contributed by atoms with Gasteiger partial charge in [-0.15, -0.1) is 11.3 Å². The molecule has 24 heavy (non-hydrogen) atoms. The van der Waals surface area contributed by atoms with E-state index < -0.39 is 0 Å². The average Bonchev–Trinajstić information content (AvgIpc) is 3.12. The minimum Gasteiger partial charge on any atom is -0.378 e. The molecule has 1 fully saturated rings. The van der Waals surface area contributed by atoms with Crippen molar-refractivity contribution in [1.29, 1.82) is 0 Å². The van der Waals surface area contributed by atoms with Gasteiger partial charge in [-0.3, -0.25) is 4.79 Å². The molecule has 1 saturated heterocycles. The number of anilines is 1. The SMILES string of the molecule is CC1c2ccsc2CCN1C(=O)c1ccc(N2CCOCC2)cc1. The van der Waals surface area contributed by atoms with Crippen LogP contribution in [-0.2, 0) is 11.2 Å². The van der Waals surface area contributed by atoms with Gasteiger partial charge < -0.3 is 14.5 Å². The molecule has 1 unspecified atom stereocenters. The Hall–Kier alpha value is -1.85. The third-order valence-corrected chi connectivity index (χ3v) is 6.03. The summed E-state index contributed by atoms with van der Waals surface area (Å²) >= 11 is 1.80. The van der Waals surface area contributed by atoms with Crippen LogP contribution in [0.3, 0.4) is 0 Å². The number of thiophene rings is 1.